The zero-order valence-corrected chi connectivity index (χ0v) is 6.96. The van der Waals surface area contributed by atoms with Crippen molar-refractivity contribution in [3.63, 3.8) is 0 Å². The lowest BCUT2D eigenvalue weighted by Crippen LogP contribution is -1.87. The first-order chi connectivity index (χ1) is 5.65. The smallest absolute Gasteiger partial charge is 0.131 e. The monoisotopic (exact) mass is 163 g/mol. The topological polar surface area (TPSA) is 40.5 Å². The van der Waals surface area contributed by atoms with Crippen molar-refractivity contribution in [3.8, 4) is 11.5 Å². The standard InChI is InChI=1S/C10H11O2/c1-3-4-9-7(2)5-8(11)6-10(9)12/h3,5,11-12H,1,4H2,2H3. The summed E-state index contributed by atoms with van der Waals surface area (Å²) in [6.07, 6.45) is 2.29. The zero-order chi connectivity index (χ0) is 9.14. The number of aromatic hydroxyl groups is 2. The van der Waals surface area contributed by atoms with Gasteiger partial charge in [-0.1, -0.05) is 6.08 Å². The van der Waals surface area contributed by atoms with E-state index < -0.39 is 0 Å². The number of hydrogen-bond donors (Lipinski definition) is 2. The van der Waals surface area contributed by atoms with E-state index in [4.69, 9.17) is 5.11 Å². The van der Waals surface area contributed by atoms with E-state index in [1.54, 1.807) is 12.1 Å². The lowest BCUT2D eigenvalue weighted by atomic mass is 10.0. The maximum atomic E-state index is 9.34. The number of phenols is 2. The second-order valence-corrected chi connectivity index (χ2v) is 2.66. The first kappa shape index (κ1) is 8.65. The molecule has 0 saturated carbocycles. The van der Waals surface area contributed by atoms with E-state index in [0.717, 1.165) is 11.1 Å². The molecule has 0 saturated heterocycles. The summed E-state index contributed by atoms with van der Waals surface area (Å²) in [7, 11) is 0. The summed E-state index contributed by atoms with van der Waals surface area (Å²) in [5.41, 5.74) is 1.62. The van der Waals surface area contributed by atoms with Crippen molar-refractivity contribution in [2.45, 2.75) is 13.3 Å². The van der Waals surface area contributed by atoms with Gasteiger partial charge in [0.25, 0.3) is 0 Å². The molecular formula is C10H11O2. The largest absolute Gasteiger partial charge is 0.507 e. The highest BCUT2D eigenvalue weighted by Crippen LogP contribution is 2.26. The molecule has 0 aliphatic rings. The van der Waals surface area contributed by atoms with E-state index in [-0.39, 0.29) is 11.5 Å². The van der Waals surface area contributed by atoms with E-state index in [2.05, 4.69) is 12.6 Å². The van der Waals surface area contributed by atoms with Gasteiger partial charge in [-0.25, -0.2) is 0 Å². The summed E-state index contributed by atoms with van der Waals surface area (Å²) >= 11 is 0. The molecule has 1 rings (SSSR count). The minimum absolute atomic E-state index is 0.00685. The molecule has 0 fully saturated rings. The molecule has 12 heavy (non-hydrogen) atoms. The van der Waals surface area contributed by atoms with Gasteiger partial charge in [0.1, 0.15) is 11.5 Å². The lowest BCUT2D eigenvalue weighted by Gasteiger charge is -2.05. The first-order valence-corrected chi connectivity index (χ1v) is 3.69. The fourth-order valence-electron chi connectivity index (χ4n) is 1.11. The van der Waals surface area contributed by atoms with Gasteiger partial charge in [0.15, 0.2) is 0 Å². The molecule has 2 N–H and O–H groups in total. The average molecular weight is 163 g/mol. The van der Waals surface area contributed by atoms with Crippen molar-refractivity contribution >= 4 is 0 Å². The normalized spacial score (nSPS) is 9.75. The van der Waals surface area contributed by atoms with Crippen molar-refractivity contribution in [3.05, 3.63) is 35.9 Å². The molecule has 1 aromatic carbocycles. The van der Waals surface area contributed by atoms with Gasteiger partial charge in [0, 0.05) is 5.56 Å². The molecule has 0 unspecified atom stereocenters. The number of allylic oxidation sites excluding steroid dienone is 1. The molecule has 0 atom stereocenters. The molecule has 0 amide bonds. The average Bonchev–Trinajstić information content (AvgIpc) is 1.96. The Morgan fingerprint density at radius 2 is 2.25 bits per heavy atom. The number of hydrogen-bond acceptors (Lipinski definition) is 2. The van der Waals surface area contributed by atoms with E-state index >= 15 is 0 Å². The summed E-state index contributed by atoms with van der Waals surface area (Å²) < 4.78 is 0. The van der Waals surface area contributed by atoms with Gasteiger partial charge in [-0.3, -0.25) is 0 Å². The number of aryl methyl sites for hydroxylation is 1. The van der Waals surface area contributed by atoms with Crippen LogP contribution in [0.1, 0.15) is 11.1 Å². The van der Waals surface area contributed by atoms with Crippen molar-refractivity contribution in [1.82, 2.24) is 0 Å². The molecule has 0 spiro atoms. The highest BCUT2D eigenvalue weighted by Gasteiger charge is 2.05. The van der Waals surface area contributed by atoms with E-state index in [1.165, 1.54) is 0 Å². The van der Waals surface area contributed by atoms with Crippen molar-refractivity contribution in [2.24, 2.45) is 0 Å². The minimum atomic E-state index is -0.0298. The lowest BCUT2D eigenvalue weighted by molar-refractivity contribution is 0.444. The van der Waals surface area contributed by atoms with Crippen LogP contribution >= 0.6 is 0 Å². The maximum Gasteiger partial charge on any atom is 0.131 e. The second kappa shape index (κ2) is 3.30. The summed E-state index contributed by atoms with van der Waals surface area (Å²) in [5, 5.41) is 18.4. The Hall–Kier alpha value is -1.44. The second-order valence-electron chi connectivity index (χ2n) is 2.66. The van der Waals surface area contributed by atoms with Crippen LogP contribution in [0.4, 0.5) is 0 Å². The third-order valence-corrected chi connectivity index (χ3v) is 1.71. The Morgan fingerprint density at radius 3 is 2.75 bits per heavy atom. The summed E-state index contributed by atoms with van der Waals surface area (Å²) in [6, 6.07) is 4.00. The maximum absolute atomic E-state index is 9.34. The Morgan fingerprint density at radius 1 is 1.58 bits per heavy atom. The Kier molecular flexibility index (Phi) is 2.38. The molecule has 1 radical (unpaired) electrons. The van der Waals surface area contributed by atoms with Crippen LogP contribution in [0.25, 0.3) is 0 Å². The van der Waals surface area contributed by atoms with Crippen LogP contribution < -0.4 is 0 Å². The fourth-order valence-corrected chi connectivity index (χ4v) is 1.11. The SMILES string of the molecule is C=CCc1c(O)[c]c(O)cc1C. The van der Waals surface area contributed by atoms with Gasteiger partial charge in [-0.05, 0) is 25.0 Å². The molecule has 63 valence electrons. The fraction of sp³-hybridized carbons (Fsp3) is 0.200. The highest BCUT2D eigenvalue weighted by atomic mass is 16.3. The number of phenolic OH excluding ortho intramolecular Hbond substituents is 2. The van der Waals surface area contributed by atoms with Crippen LogP contribution in [0, 0.1) is 13.0 Å². The number of rotatable bonds is 2. The Labute approximate surface area is 71.8 Å². The highest BCUT2D eigenvalue weighted by molar-refractivity contribution is 5.44. The molecule has 0 aromatic heterocycles. The van der Waals surface area contributed by atoms with E-state index in [1.807, 2.05) is 6.92 Å². The Bertz CT molecular complexity index is 280. The molecule has 2 nitrogen and oxygen atoms in total. The van der Waals surface area contributed by atoms with Crippen LogP contribution in [0.15, 0.2) is 18.7 Å². The van der Waals surface area contributed by atoms with Gasteiger partial charge in [-0.15, -0.1) is 6.58 Å². The summed E-state index contributed by atoms with van der Waals surface area (Å²) in [5.74, 6) is -0.0230. The van der Waals surface area contributed by atoms with Crippen LogP contribution in [0.3, 0.4) is 0 Å². The van der Waals surface area contributed by atoms with Gasteiger partial charge >= 0.3 is 0 Å². The van der Waals surface area contributed by atoms with Crippen molar-refractivity contribution in [2.75, 3.05) is 0 Å². The third-order valence-electron chi connectivity index (χ3n) is 1.71. The molecule has 0 aliphatic heterocycles. The predicted molar refractivity (Wildman–Crippen MR) is 47.2 cm³/mol. The number of benzene rings is 1. The van der Waals surface area contributed by atoms with Crippen molar-refractivity contribution < 1.29 is 10.2 Å². The molecule has 0 bridgehead atoms. The third kappa shape index (κ3) is 1.59. The molecular weight excluding hydrogens is 152 g/mol. The minimum Gasteiger partial charge on any atom is -0.507 e. The van der Waals surface area contributed by atoms with Crippen molar-refractivity contribution in [1.29, 1.82) is 0 Å². The molecule has 2 heteroatoms. The zero-order valence-electron chi connectivity index (χ0n) is 6.96. The summed E-state index contributed by atoms with van der Waals surface area (Å²) in [6.45, 7) is 5.40. The Balaban J connectivity index is 3.18. The summed E-state index contributed by atoms with van der Waals surface area (Å²) in [4.78, 5) is 0. The molecule has 0 aliphatic carbocycles. The van der Waals surface area contributed by atoms with Crippen LogP contribution in [0.2, 0.25) is 0 Å². The molecule has 1 aromatic rings. The first-order valence-electron chi connectivity index (χ1n) is 3.69. The quantitative estimate of drug-likeness (QED) is 0.654. The van der Waals surface area contributed by atoms with E-state index in [0.29, 0.717) is 6.42 Å². The van der Waals surface area contributed by atoms with Gasteiger partial charge in [0.05, 0.1) is 6.07 Å². The van der Waals surface area contributed by atoms with Crippen LogP contribution in [-0.2, 0) is 6.42 Å². The predicted octanol–water partition coefficient (Wildman–Crippen LogP) is 1.93. The van der Waals surface area contributed by atoms with Crippen LogP contribution in [0.5, 0.6) is 11.5 Å². The van der Waals surface area contributed by atoms with Crippen LogP contribution in [-0.4, -0.2) is 10.2 Å². The molecule has 0 heterocycles. The van der Waals surface area contributed by atoms with Gasteiger partial charge in [-0.2, -0.15) is 0 Å². The van der Waals surface area contributed by atoms with Gasteiger partial charge < -0.3 is 10.2 Å². The van der Waals surface area contributed by atoms with Gasteiger partial charge in [0.2, 0.25) is 0 Å². The van der Waals surface area contributed by atoms with E-state index in [9.17, 15) is 5.11 Å².